The Labute approximate surface area is 158 Å². The van der Waals surface area contributed by atoms with Gasteiger partial charge in [-0.1, -0.05) is 30.3 Å². The summed E-state index contributed by atoms with van der Waals surface area (Å²) in [6.45, 7) is 7.17. The molecular formula is C19H30N2O4S. The van der Waals surface area contributed by atoms with Gasteiger partial charge in [0, 0.05) is 35.3 Å². The van der Waals surface area contributed by atoms with Gasteiger partial charge >= 0.3 is 6.09 Å². The standard InChI is InChI=1S/C19H30N2O4S/c1-14(11-12-26(5)24)20-17(22)16(13-15-9-7-6-8-10-15)21-18(23)25-19(2,3)4/h6-10,14,16H,11-13H2,1-5H3,(H,20,22)(H,21,23)/t14?,16-,26?/m0/s1. The smallest absolute Gasteiger partial charge is 0.408 e. The number of hydrogen-bond donors (Lipinski definition) is 2. The Hall–Kier alpha value is -1.89. The maximum absolute atomic E-state index is 12.6. The van der Waals surface area contributed by atoms with E-state index < -0.39 is 28.5 Å². The van der Waals surface area contributed by atoms with Crippen molar-refractivity contribution in [3.63, 3.8) is 0 Å². The third kappa shape index (κ3) is 9.56. The summed E-state index contributed by atoms with van der Waals surface area (Å²) in [6, 6.07) is 8.59. The van der Waals surface area contributed by atoms with Crippen LogP contribution >= 0.6 is 0 Å². The van der Waals surface area contributed by atoms with Gasteiger partial charge in [-0.05, 0) is 39.7 Å². The summed E-state index contributed by atoms with van der Waals surface area (Å²) in [6.07, 6.45) is 1.98. The van der Waals surface area contributed by atoms with Gasteiger partial charge in [0.15, 0.2) is 0 Å². The quantitative estimate of drug-likeness (QED) is 0.723. The van der Waals surface area contributed by atoms with Crippen molar-refractivity contribution in [1.29, 1.82) is 0 Å². The summed E-state index contributed by atoms with van der Waals surface area (Å²) in [5.74, 6) is 0.235. The number of hydrogen-bond acceptors (Lipinski definition) is 4. The zero-order valence-electron chi connectivity index (χ0n) is 16.2. The Morgan fingerprint density at radius 3 is 2.31 bits per heavy atom. The van der Waals surface area contributed by atoms with Crippen LogP contribution in [-0.2, 0) is 26.8 Å². The molecule has 0 aromatic heterocycles. The fourth-order valence-corrected chi connectivity index (χ4v) is 2.95. The average molecular weight is 383 g/mol. The van der Waals surface area contributed by atoms with E-state index in [-0.39, 0.29) is 11.9 Å². The molecule has 0 radical (unpaired) electrons. The van der Waals surface area contributed by atoms with E-state index in [1.54, 1.807) is 27.0 Å². The number of benzene rings is 1. The second-order valence-electron chi connectivity index (χ2n) is 7.36. The minimum absolute atomic E-state index is 0.134. The van der Waals surface area contributed by atoms with Gasteiger partial charge in [-0.25, -0.2) is 4.79 Å². The molecule has 0 fully saturated rings. The van der Waals surface area contributed by atoms with E-state index in [0.717, 1.165) is 5.56 Å². The fraction of sp³-hybridized carbons (Fsp3) is 0.579. The summed E-state index contributed by atoms with van der Waals surface area (Å²) in [5, 5.41) is 5.54. The lowest BCUT2D eigenvalue weighted by Crippen LogP contribution is -2.51. The van der Waals surface area contributed by atoms with Crippen LogP contribution in [0.25, 0.3) is 0 Å². The zero-order valence-corrected chi connectivity index (χ0v) is 17.0. The first-order chi connectivity index (χ1) is 12.1. The Morgan fingerprint density at radius 1 is 1.15 bits per heavy atom. The van der Waals surface area contributed by atoms with Crippen molar-refractivity contribution in [1.82, 2.24) is 10.6 Å². The molecule has 7 heteroatoms. The first-order valence-electron chi connectivity index (χ1n) is 8.70. The largest absolute Gasteiger partial charge is 0.444 e. The van der Waals surface area contributed by atoms with Gasteiger partial charge < -0.3 is 15.4 Å². The summed E-state index contributed by atoms with van der Waals surface area (Å²) in [7, 11) is -0.905. The molecule has 0 heterocycles. The van der Waals surface area contributed by atoms with E-state index in [0.29, 0.717) is 18.6 Å². The van der Waals surface area contributed by atoms with E-state index in [1.807, 2.05) is 37.3 Å². The maximum atomic E-state index is 12.6. The van der Waals surface area contributed by atoms with Gasteiger partial charge in [-0.3, -0.25) is 9.00 Å². The van der Waals surface area contributed by atoms with Gasteiger partial charge in [-0.2, -0.15) is 0 Å². The average Bonchev–Trinajstić information content (AvgIpc) is 2.51. The Kier molecular flexibility index (Phi) is 8.78. The molecule has 146 valence electrons. The minimum atomic E-state index is -0.905. The van der Waals surface area contributed by atoms with Crippen molar-refractivity contribution >= 4 is 22.8 Å². The summed E-state index contributed by atoms with van der Waals surface area (Å²) >= 11 is 0. The van der Waals surface area contributed by atoms with Crippen molar-refractivity contribution < 1.29 is 18.5 Å². The lowest BCUT2D eigenvalue weighted by molar-refractivity contribution is -0.123. The molecule has 0 aliphatic carbocycles. The highest BCUT2D eigenvalue weighted by Gasteiger charge is 2.25. The van der Waals surface area contributed by atoms with Crippen molar-refractivity contribution in [2.45, 2.75) is 58.2 Å². The Balaban J connectivity index is 2.77. The molecular weight excluding hydrogens is 352 g/mol. The third-order valence-corrected chi connectivity index (χ3v) is 4.33. The highest BCUT2D eigenvalue weighted by atomic mass is 32.2. The van der Waals surface area contributed by atoms with Gasteiger partial charge in [0.05, 0.1) is 0 Å². The van der Waals surface area contributed by atoms with Crippen LogP contribution in [0.5, 0.6) is 0 Å². The first kappa shape index (κ1) is 22.2. The molecule has 26 heavy (non-hydrogen) atoms. The molecule has 1 aromatic carbocycles. The molecule has 2 amide bonds. The molecule has 0 saturated carbocycles. The second-order valence-corrected chi connectivity index (χ2v) is 8.92. The number of amides is 2. The number of alkyl carbamates (subject to hydrolysis) is 1. The molecule has 2 unspecified atom stereocenters. The second kappa shape index (κ2) is 10.3. The molecule has 0 bridgehead atoms. The number of carbonyl (C=O) groups excluding carboxylic acids is 2. The third-order valence-electron chi connectivity index (χ3n) is 3.52. The normalized spacial score (nSPS) is 14.8. The molecule has 0 spiro atoms. The van der Waals surface area contributed by atoms with Gasteiger partial charge in [0.2, 0.25) is 5.91 Å². The zero-order chi connectivity index (χ0) is 19.7. The van der Waals surface area contributed by atoms with Crippen molar-refractivity contribution in [3.05, 3.63) is 35.9 Å². The molecule has 2 N–H and O–H groups in total. The van der Waals surface area contributed by atoms with E-state index in [1.165, 1.54) is 0 Å². The lowest BCUT2D eigenvalue weighted by Gasteiger charge is -2.24. The first-order valence-corrected chi connectivity index (χ1v) is 10.4. The number of rotatable bonds is 8. The maximum Gasteiger partial charge on any atom is 0.408 e. The van der Waals surface area contributed by atoms with Crippen LogP contribution in [-0.4, -0.2) is 45.9 Å². The number of nitrogens with one attached hydrogen (secondary N) is 2. The predicted molar refractivity (Wildman–Crippen MR) is 104 cm³/mol. The minimum Gasteiger partial charge on any atom is -0.444 e. The lowest BCUT2D eigenvalue weighted by atomic mass is 10.0. The van der Waals surface area contributed by atoms with Crippen LogP contribution in [0.2, 0.25) is 0 Å². The van der Waals surface area contributed by atoms with E-state index >= 15 is 0 Å². The monoisotopic (exact) mass is 382 g/mol. The molecule has 6 nitrogen and oxygen atoms in total. The molecule has 0 aliphatic heterocycles. The van der Waals surface area contributed by atoms with Crippen molar-refractivity contribution in [2.75, 3.05) is 12.0 Å². The van der Waals surface area contributed by atoms with Gasteiger partial charge in [0.1, 0.15) is 11.6 Å². The van der Waals surface area contributed by atoms with E-state index in [4.69, 9.17) is 4.74 Å². The number of carbonyl (C=O) groups is 2. The summed E-state index contributed by atoms with van der Waals surface area (Å²) in [4.78, 5) is 24.8. The van der Waals surface area contributed by atoms with Crippen LogP contribution in [0, 0.1) is 0 Å². The molecule has 1 aromatic rings. The topological polar surface area (TPSA) is 84.5 Å². The van der Waals surface area contributed by atoms with Crippen LogP contribution < -0.4 is 10.6 Å². The fourth-order valence-electron chi connectivity index (χ4n) is 2.27. The molecule has 0 aliphatic rings. The Bertz CT molecular complexity index is 614. The van der Waals surface area contributed by atoms with E-state index in [9.17, 15) is 13.8 Å². The van der Waals surface area contributed by atoms with Crippen LogP contribution in [0.15, 0.2) is 30.3 Å². The van der Waals surface area contributed by atoms with Gasteiger partial charge in [0.25, 0.3) is 0 Å². The van der Waals surface area contributed by atoms with Crippen molar-refractivity contribution in [3.8, 4) is 0 Å². The SMILES string of the molecule is CC(CCS(C)=O)NC(=O)[C@H](Cc1ccccc1)NC(=O)OC(C)(C)C. The van der Waals surface area contributed by atoms with Crippen molar-refractivity contribution in [2.24, 2.45) is 0 Å². The van der Waals surface area contributed by atoms with E-state index in [2.05, 4.69) is 10.6 Å². The number of ether oxygens (including phenoxy) is 1. The summed E-state index contributed by atoms with van der Waals surface area (Å²) in [5.41, 5.74) is 0.294. The molecule has 3 atom stereocenters. The summed E-state index contributed by atoms with van der Waals surface area (Å²) < 4.78 is 16.5. The van der Waals surface area contributed by atoms with Gasteiger partial charge in [-0.15, -0.1) is 0 Å². The highest BCUT2D eigenvalue weighted by Crippen LogP contribution is 2.09. The van der Waals surface area contributed by atoms with Crippen LogP contribution in [0.4, 0.5) is 4.79 Å². The molecule has 0 saturated heterocycles. The molecule has 1 rings (SSSR count). The highest BCUT2D eigenvalue weighted by molar-refractivity contribution is 7.84. The predicted octanol–water partition coefficient (Wildman–Crippen LogP) is 2.40. The van der Waals surface area contributed by atoms with Crippen LogP contribution in [0.3, 0.4) is 0 Å². The van der Waals surface area contributed by atoms with Crippen LogP contribution in [0.1, 0.15) is 39.7 Å². The Morgan fingerprint density at radius 2 is 1.77 bits per heavy atom.